The Kier molecular flexibility index (Phi) is 3.48. The van der Waals surface area contributed by atoms with E-state index in [0.717, 1.165) is 5.56 Å². The fourth-order valence-corrected chi connectivity index (χ4v) is 1.84. The van der Waals surface area contributed by atoms with Crippen LogP contribution in [0.5, 0.6) is 5.75 Å². The third kappa shape index (κ3) is 2.29. The number of halogens is 2. The number of aromatic nitrogens is 2. The van der Waals surface area contributed by atoms with Crippen LogP contribution < -0.4 is 4.74 Å². The van der Waals surface area contributed by atoms with Crippen molar-refractivity contribution < 1.29 is 9.13 Å². The van der Waals surface area contributed by atoms with Gasteiger partial charge in [-0.1, -0.05) is 17.7 Å². The summed E-state index contributed by atoms with van der Waals surface area (Å²) in [6.07, 6.45) is 0. The summed E-state index contributed by atoms with van der Waals surface area (Å²) in [5.41, 5.74) is 1.96. The minimum atomic E-state index is -0.591. The van der Waals surface area contributed by atoms with Crippen molar-refractivity contribution in [1.29, 1.82) is 0 Å². The largest absolute Gasteiger partial charge is 0.496 e. The van der Waals surface area contributed by atoms with Gasteiger partial charge in [0.15, 0.2) is 16.8 Å². The molecule has 94 valence electrons. The van der Waals surface area contributed by atoms with Crippen LogP contribution in [-0.2, 0) is 0 Å². The molecule has 1 heterocycles. The van der Waals surface area contributed by atoms with Gasteiger partial charge in [0.2, 0.25) is 0 Å². The molecule has 0 amide bonds. The molecule has 0 unspecified atom stereocenters. The summed E-state index contributed by atoms with van der Waals surface area (Å²) in [7, 11) is 1.57. The van der Waals surface area contributed by atoms with Gasteiger partial charge < -0.3 is 4.74 Å². The second-order valence-electron chi connectivity index (χ2n) is 3.94. The Labute approximate surface area is 110 Å². The highest BCUT2D eigenvalue weighted by Gasteiger charge is 2.14. The molecule has 3 nitrogen and oxygen atoms in total. The molecule has 2 aromatic rings. The Bertz CT molecular complexity index is 579. The molecule has 18 heavy (non-hydrogen) atoms. The van der Waals surface area contributed by atoms with E-state index in [1.165, 1.54) is 0 Å². The van der Waals surface area contributed by atoms with Crippen LogP contribution in [-0.4, -0.2) is 17.1 Å². The molecule has 1 aromatic heterocycles. The van der Waals surface area contributed by atoms with E-state index in [4.69, 9.17) is 16.3 Å². The van der Waals surface area contributed by atoms with Gasteiger partial charge >= 0.3 is 0 Å². The molecule has 0 aliphatic heterocycles. The third-order valence-electron chi connectivity index (χ3n) is 2.57. The van der Waals surface area contributed by atoms with E-state index in [9.17, 15) is 4.39 Å². The van der Waals surface area contributed by atoms with Crippen LogP contribution in [0.4, 0.5) is 4.39 Å². The normalized spacial score (nSPS) is 10.5. The molecule has 0 N–H and O–H groups in total. The van der Waals surface area contributed by atoms with Gasteiger partial charge in [-0.2, -0.15) is 0 Å². The Morgan fingerprint density at radius 3 is 2.56 bits per heavy atom. The van der Waals surface area contributed by atoms with Crippen molar-refractivity contribution in [3.05, 3.63) is 40.4 Å². The second-order valence-corrected chi connectivity index (χ2v) is 4.30. The Morgan fingerprint density at radius 2 is 1.94 bits per heavy atom. The summed E-state index contributed by atoms with van der Waals surface area (Å²) in [5.74, 6) is 0.402. The molecule has 5 heteroatoms. The number of hydrogen-bond acceptors (Lipinski definition) is 3. The van der Waals surface area contributed by atoms with E-state index in [-0.39, 0.29) is 10.8 Å². The zero-order valence-electron chi connectivity index (χ0n) is 10.3. The summed E-state index contributed by atoms with van der Waals surface area (Å²) in [5, 5.41) is -0.180. The zero-order chi connectivity index (χ0) is 13.3. The Morgan fingerprint density at radius 1 is 1.22 bits per heavy atom. The van der Waals surface area contributed by atoms with Gasteiger partial charge in [0, 0.05) is 0 Å². The lowest BCUT2D eigenvalue weighted by molar-refractivity contribution is 0.415. The van der Waals surface area contributed by atoms with Gasteiger partial charge in [-0.25, -0.2) is 14.4 Å². The first kappa shape index (κ1) is 12.8. The molecule has 0 radical (unpaired) electrons. The molecule has 0 aliphatic carbocycles. The number of hydrogen-bond donors (Lipinski definition) is 0. The van der Waals surface area contributed by atoms with Crippen molar-refractivity contribution >= 4 is 11.6 Å². The van der Waals surface area contributed by atoms with Crippen molar-refractivity contribution in [1.82, 2.24) is 9.97 Å². The molecule has 0 bridgehead atoms. The molecule has 0 aliphatic rings. The first-order valence-electron chi connectivity index (χ1n) is 5.37. The van der Waals surface area contributed by atoms with Crippen LogP contribution in [0, 0.1) is 19.7 Å². The van der Waals surface area contributed by atoms with Crippen molar-refractivity contribution in [3.8, 4) is 17.1 Å². The van der Waals surface area contributed by atoms with E-state index < -0.39 is 5.82 Å². The van der Waals surface area contributed by atoms with E-state index >= 15 is 0 Å². The second kappa shape index (κ2) is 4.90. The van der Waals surface area contributed by atoms with Gasteiger partial charge in [0.25, 0.3) is 0 Å². The lowest BCUT2D eigenvalue weighted by atomic mass is 10.1. The van der Waals surface area contributed by atoms with Crippen LogP contribution in [0.15, 0.2) is 18.2 Å². The monoisotopic (exact) mass is 266 g/mol. The number of benzene rings is 1. The first-order chi connectivity index (χ1) is 8.52. The molecule has 1 aromatic carbocycles. The van der Waals surface area contributed by atoms with Crippen LogP contribution in [0.3, 0.4) is 0 Å². The predicted octanol–water partition coefficient (Wildman–Crippen LogP) is 3.56. The van der Waals surface area contributed by atoms with E-state index in [1.807, 2.05) is 25.1 Å². The van der Waals surface area contributed by atoms with Crippen molar-refractivity contribution in [2.24, 2.45) is 0 Å². The zero-order valence-corrected chi connectivity index (χ0v) is 11.0. The molecular formula is C13H12ClFN2O. The molecule has 2 rings (SSSR count). The fraction of sp³-hybridized carbons (Fsp3) is 0.231. The molecule has 0 spiro atoms. The van der Waals surface area contributed by atoms with E-state index in [0.29, 0.717) is 17.1 Å². The minimum Gasteiger partial charge on any atom is -0.496 e. The van der Waals surface area contributed by atoms with Crippen molar-refractivity contribution in [2.45, 2.75) is 13.8 Å². The van der Waals surface area contributed by atoms with Crippen LogP contribution in [0.25, 0.3) is 11.4 Å². The first-order valence-corrected chi connectivity index (χ1v) is 5.75. The Balaban J connectivity index is 2.62. The van der Waals surface area contributed by atoms with E-state index in [1.54, 1.807) is 14.0 Å². The highest BCUT2D eigenvalue weighted by molar-refractivity contribution is 6.29. The maximum Gasteiger partial charge on any atom is 0.181 e. The smallest absolute Gasteiger partial charge is 0.181 e. The fourth-order valence-electron chi connectivity index (χ4n) is 1.63. The average Bonchev–Trinajstić information content (AvgIpc) is 2.35. The van der Waals surface area contributed by atoms with Gasteiger partial charge in [-0.05, 0) is 31.5 Å². The maximum absolute atomic E-state index is 13.4. The lowest BCUT2D eigenvalue weighted by Gasteiger charge is -2.09. The van der Waals surface area contributed by atoms with Crippen LogP contribution in [0.2, 0.25) is 5.15 Å². The average molecular weight is 267 g/mol. The summed E-state index contributed by atoms with van der Waals surface area (Å²) in [4.78, 5) is 8.03. The standard InChI is InChI=1S/C13H12ClFN2O/c1-7-4-5-9(10(6-7)18-3)13-16-8(2)11(15)12(14)17-13/h4-6H,1-3H3. The number of ether oxygens (including phenoxy) is 1. The SMILES string of the molecule is COc1cc(C)ccc1-c1nc(C)c(F)c(Cl)n1. The highest BCUT2D eigenvalue weighted by Crippen LogP contribution is 2.30. The van der Waals surface area contributed by atoms with Crippen LogP contribution >= 0.6 is 11.6 Å². The summed E-state index contributed by atoms with van der Waals surface area (Å²) in [6, 6.07) is 5.61. The van der Waals surface area contributed by atoms with Gasteiger partial charge in [0.05, 0.1) is 18.4 Å². The Hall–Kier alpha value is -1.68. The maximum atomic E-state index is 13.4. The third-order valence-corrected chi connectivity index (χ3v) is 2.82. The van der Waals surface area contributed by atoms with Gasteiger partial charge in [-0.3, -0.25) is 0 Å². The van der Waals surface area contributed by atoms with Crippen molar-refractivity contribution in [3.63, 3.8) is 0 Å². The molecule has 0 saturated heterocycles. The van der Waals surface area contributed by atoms with E-state index in [2.05, 4.69) is 9.97 Å². The number of methoxy groups -OCH3 is 1. The van der Waals surface area contributed by atoms with Gasteiger partial charge in [-0.15, -0.1) is 0 Å². The lowest BCUT2D eigenvalue weighted by Crippen LogP contribution is -1.99. The van der Waals surface area contributed by atoms with Crippen molar-refractivity contribution in [2.75, 3.05) is 7.11 Å². The number of rotatable bonds is 2. The highest BCUT2D eigenvalue weighted by atomic mass is 35.5. The quantitative estimate of drug-likeness (QED) is 0.780. The number of nitrogens with zero attached hydrogens (tertiary/aromatic N) is 2. The molecule has 0 atom stereocenters. The van der Waals surface area contributed by atoms with Crippen LogP contribution in [0.1, 0.15) is 11.3 Å². The topological polar surface area (TPSA) is 35.0 Å². The molecule has 0 fully saturated rings. The summed E-state index contributed by atoms with van der Waals surface area (Å²) in [6.45, 7) is 3.50. The number of aryl methyl sites for hydroxylation is 2. The van der Waals surface area contributed by atoms with Gasteiger partial charge in [0.1, 0.15) is 5.75 Å². The summed E-state index contributed by atoms with van der Waals surface area (Å²) >= 11 is 5.73. The predicted molar refractivity (Wildman–Crippen MR) is 68.5 cm³/mol. The molecular weight excluding hydrogens is 255 g/mol. The minimum absolute atomic E-state index is 0.180. The summed E-state index contributed by atoms with van der Waals surface area (Å²) < 4.78 is 18.7. The molecule has 0 saturated carbocycles.